The molecule has 0 fully saturated rings. The van der Waals surface area contributed by atoms with Gasteiger partial charge in [-0.2, -0.15) is 4.89 Å². The van der Waals surface area contributed by atoms with Crippen LogP contribution in [0, 0.1) is 0 Å². The molecule has 144 valence electrons. The predicted octanol–water partition coefficient (Wildman–Crippen LogP) is 4.65. The van der Waals surface area contributed by atoms with E-state index in [1.807, 2.05) is 12.3 Å². The van der Waals surface area contributed by atoms with Gasteiger partial charge in [0.2, 0.25) is 0 Å². The minimum absolute atomic E-state index is 0.573. The number of nitrogens with zero attached hydrogens (tertiary/aromatic N) is 2. The predicted molar refractivity (Wildman–Crippen MR) is 110 cm³/mol. The Bertz CT molecular complexity index is 1000. The van der Waals surface area contributed by atoms with Crippen molar-refractivity contribution in [3.63, 3.8) is 0 Å². The topological polar surface area (TPSA) is 34.6 Å². The molecule has 28 heavy (non-hydrogen) atoms. The van der Waals surface area contributed by atoms with Crippen molar-refractivity contribution in [3.05, 3.63) is 70.9 Å². The molecule has 2 heterocycles. The third kappa shape index (κ3) is 3.38. The van der Waals surface area contributed by atoms with Crippen molar-refractivity contribution in [3.8, 4) is 5.75 Å². The van der Waals surface area contributed by atoms with Crippen LogP contribution in [0.25, 0.3) is 10.9 Å². The van der Waals surface area contributed by atoms with Crippen LogP contribution in [0.5, 0.6) is 5.75 Å². The van der Waals surface area contributed by atoms with Crippen LogP contribution in [0.3, 0.4) is 0 Å². The van der Waals surface area contributed by atoms with Crippen LogP contribution in [0.15, 0.2) is 48.7 Å². The molecule has 5 rings (SSSR count). The number of hydrogen-bond donors (Lipinski definition) is 0. The summed E-state index contributed by atoms with van der Waals surface area (Å²) in [5.41, 5.74) is 6.47. The monoisotopic (exact) mass is 374 g/mol. The molecular weight excluding hydrogens is 348 g/mol. The van der Waals surface area contributed by atoms with E-state index in [4.69, 9.17) is 9.78 Å². The van der Waals surface area contributed by atoms with E-state index < -0.39 is 0 Å². The fraction of sp³-hybridized carbons (Fsp3) is 0.375. The van der Waals surface area contributed by atoms with Gasteiger partial charge in [0, 0.05) is 35.8 Å². The van der Waals surface area contributed by atoms with Crippen LogP contribution in [-0.2, 0) is 24.3 Å². The normalized spacial score (nSPS) is 18.1. The summed E-state index contributed by atoms with van der Waals surface area (Å²) in [7, 11) is 2.24. The maximum atomic E-state index is 5.47. The molecule has 0 saturated heterocycles. The summed E-state index contributed by atoms with van der Waals surface area (Å²) in [5, 5.41) is 1.22. The highest BCUT2D eigenvalue weighted by Crippen LogP contribution is 2.41. The van der Waals surface area contributed by atoms with Gasteiger partial charge in [-0.3, -0.25) is 4.98 Å². The first-order valence-electron chi connectivity index (χ1n) is 10.2. The summed E-state index contributed by atoms with van der Waals surface area (Å²) in [6, 6.07) is 15.2. The quantitative estimate of drug-likeness (QED) is 0.609. The molecule has 2 aliphatic rings. The van der Waals surface area contributed by atoms with Gasteiger partial charge in [0.15, 0.2) is 5.75 Å². The van der Waals surface area contributed by atoms with E-state index in [1.54, 1.807) is 0 Å². The van der Waals surface area contributed by atoms with Gasteiger partial charge in [-0.15, -0.1) is 0 Å². The van der Waals surface area contributed by atoms with Crippen molar-refractivity contribution in [2.45, 2.75) is 38.2 Å². The Hall–Kier alpha value is -2.43. The second-order valence-corrected chi connectivity index (χ2v) is 8.10. The van der Waals surface area contributed by atoms with Gasteiger partial charge in [0.1, 0.15) is 6.61 Å². The zero-order chi connectivity index (χ0) is 18.9. The SMILES string of the molecule is CN(CCc1ccc2ncccc2c1)C[C@@H]1CCCc2c1ccc1c2OOC1. The lowest BCUT2D eigenvalue weighted by atomic mass is 9.81. The second kappa shape index (κ2) is 7.53. The summed E-state index contributed by atoms with van der Waals surface area (Å²) in [4.78, 5) is 17.6. The van der Waals surface area contributed by atoms with Crippen molar-refractivity contribution < 1.29 is 9.78 Å². The highest BCUT2D eigenvalue weighted by atomic mass is 17.2. The summed E-state index contributed by atoms with van der Waals surface area (Å²) in [6.45, 7) is 2.72. The third-order valence-corrected chi connectivity index (χ3v) is 6.14. The number of aromatic nitrogens is 1. The van der Waals surface area contributed by atoms with Crippen molar-refractivity contribution >= 4 is 10.9 Å². The van der Waals surface area contributed by atoms with Crippen LogP contribution in [0.2, 0.25) is 0 Å². The molecule has 0 N–H and O–H groups in total. The molecular formula is C24H26N2O2. The highest BCUT2D eigenvalue weighted by molar-refractivity contribution is 5.78. The number of hydrogen-bond acceptors (Lipinski definition) is 4. The lowest BCUT2D eigenvalue weighted by Crippen LogP contribution is -2.28. The number of benzene rings is 2. The number of pyridine rings is 1. The van der Waals surface area contributed by atoms with Gasteiger partial charge in [-0.25, -0.2) is 0 Å². The van der Waals surface area contributed by atoms with Gasteiger partial charge >= 0.3 is 0 Å². The Morgan fingerprint density at radius 3 is 3.11 bits per heavy atom. The van der Waals surface area contributed by atoms with Crippen molar-refractivity contribution in [1.82, 2.24) is 9.88 Å². The Labute approximate surface area is 166 Å². The van der Waals surface area contributed by atoms with Crippen LogP contribution in [0.1, 0.15) is 41.0 Å². The minimum Gasteiger partial charge on any atom is -0.337 e. The van der Waals surface area contributed by atoms with E-state index in [1.165, 1.54) is 40.5 Å². The summed E-state index contributed by atoms with van der Waals surface area (Å²) in [5.74, 6) is 1.57. The second-order valence-electron chi connectivity index (χ2n) is 8.10. The Morgan fingerprint density at radius 1 is 1.18 bits per heavy atom. The van der Waals surface area contributed by atoms with Crippen molar-refractivity contribution in [1.29, 1.82) is 0 Å². The van der Waals surface area contributed by atoms with E-state index in [0.29, 0.717) is 12.5 Å². The fourth-order valence-corrected chi connectivity index (χ4v) is 4.64. The zero-order valence-electron chi connectivity index (χ0n) is 16.4. The highest BCUT2D eigenvalue weighted by Gasteiger charge is 2.28. The Kier molecular flexibility index (Phi) is 4.75. The van der Waals surface area contributed by atoms with E-state index in [-0.39, 0.29) is 0 Å². The molecule has 3 aromatic rings. The molecule has 4 heteroatoms. The summed E-state index contributed by atoms with van der Waals surface area (Å²) >= 11 is 0. The molecule has 1 aliphatic heterocycles. The average molecular weight is 374 g/mol. The molecule has 0 unspecified atom stereocenters. The van der Waals surface area contributed by atoms with Crippen LogP contribution in [-0.4, -0.2) is 30.0 Å². The van der Waals surface area contributed by atoms with E-state index in [0.717, 1.165) is 37.2 Å². The maximum absolute atomic E-state index is 5.47. The van der Waals surface area contributed by atoms with Gasteiger partial charge < -0.3 is 9.79 Å². The summed E-state index contributed by atoms with van der Waals surface area (Å²) in [6.07, 6.45) is 6.49. The van der Waals surface area contributed by atoms with Crippen molar-refractivity contribution in [2.75, 3.05) is 20.1 Å². The van der Waals surface area contributed by atoms with E-state index in [2.05, 4.69) is 53.3 Å². The number of likely N-dealkylation sites (N-methyl/N-ethyl adjacent to an activating group) is 1. The molecule has 1 aliphatic carbocycles. The van der Waals surface area contributed by atoms with E-state index in [9.17, 15) is 0 Å². The van der Waals surface area contributed by atoms with Gasteiger partial charge in [-0.1, -0.05) is 24.3 Å². The number of fused-ring (bicyclic) bond motifs is 4. The van der Waals surface area contributed by atoms with Gasteiger partial charge in [0.25, 0.3) is 0 Å². The molecule has 0 radical (unpaired) electrons. The first kappa shape index (κ1) is 17.7. The standard InChI is InChI=1S/C24H26N2O2/c1-26(13-11-17-7-10-23-18(14-17)5-3-12-25-23)15-19-4-2-6-22-21(19)9-8-20-16-27-28-24(20)22/h3,5,7-10,12,14,19H,2,4,6,11,13,15-16H2,1H3/t19-/m0/s1. The first-order chi connectivity index (χ1) is 13.8. The van der Waals surface area contributed by atoms with Crippen LogP contribution in [0.4, 0.5) is 0 Å². The third-order valence-electron chi connectivity index (χ3n) is 6.14. The minimum atomic E-state index is 0.573. The van der Waals surface area contributed by atoms with E-state index >= 15 is 0 Å². The maximum Gasteiger partial charge on any atom is 0.174 e. The molecule has 2 aromatic carbocycles. The lowest BCUT2D eigenvalue weighted by molar-refractivity contribution is -0.195. The van der Waals surface area contributed by atoms with Crippen LogP contribution >= 0.6 is 0 Å². The first-order valence-corrected chi connectivity index (χ1v) is 10.2. The molecule has 1 aromatic heterocycles. The molecule has 0 bridgehead atoms. The number of rotatable bonds is 5. The summed E-state index contributed by atoms with van der Waals surface area (Å²) < 4.78 is 0. The Morgan fingerprint density at radius 2 is 2.14 bits per heavy atom. The van der Waals surface area contributed by atoms with Gasteiger partial charge in [-0.05, 0) is 68.0 Å². The van der Waals surface area contributed by atoms with Gasteiger partial charge in [0.05, 0.1) is 5.52 Å². The largest absolute Gasteiger partial charge is 0.337 e. The molecule has 0 amide bonds. The molecule has 4 nitrogen and oxygen atoms in total. The average Bonchev–Trinajstić information content (AvgIpc) is 3.22. The lowest BCUT2D eigenvalue weighted by Gasteiger charge is -2.30. The zero-order valence-corrected chi connectivity index (χ0v) is 16.4. The smallest absolute Gasteiger partial charge is 0.174 e. The molecule has 0 saturated carbocycles. The molecule has 1 atom stereocenters. The fourth-order valence-electron chi connectivity index (χ4n) is 4.64. The van der Waals surface area contributed by atoms with Crippen molar-refractivity contribution in [2.24, 2.45) is 0 Å². The Balaban J connectivity index is 1.25. The van der Waals surface area contributed by atoms with Crippen LogP contribution < -0.4 is 4.89 Å². The molecule has 0 spiro atoms.